The quantitative estimate of drug-likeness (QED) is 0.209. The normalized spacial score (nSPS) is 35.9. The third-order valence-electron chi connectivity index (χ3n) is 10.5. The minimum absolute atomic E-state index is 0.259. The van der Waals surface area contributed by atoms with Crippen LogP contribution < -0.4 is 0 Å². The number of carbonyl (C=O) groups excluding carboxylic acids is 1. The van der Waals surface area contributed by atoms with Crippen molar-refractivity contribution in [1.82, 2.24) is 0 Å². The van der Waals surface area contributed by atoms with E-state index in [0.717, 1.165) is 32.1 Å². The zero-order chi connectivity index (χ0) is 26.6. The van der Waals surface area contributed by atoms with Gasteiger partial charge in [0.15, 0.2) is 0 Å². The Bertz CT molecular complexity index is 869. The molecule has 4 fully saturated rings. The zero-order valence-corrected chi connectivity index (χ0v) is 23.6. The first kappa shape index (κ1) is 28.8. The van der Waals surface area contributed by atoms with Gasteiger partial charge in [0, 0.05) is 6.42 Å². The maximum atomic E-state index is 12.9. The van der Waals surface area contributed by atoms with Gasteiger partial charge in [-0.25, -0.2) is 0 Å². The van der Waals surface area contributed by atoms with Gasteiger partial charge in [0.1, 0.15) is 5.78 Å². The number of ketones is 1. The van der Waals surface area contributed by atoms with Crippen LogP contribution in [0.4, 0.5) is 0 Å². The van der Waals surface area contributed by atoms with Gasteiger partial charge in [0.05, 0.1) is 23.7 Å². The Morgan fingerprint density at radius 3 is 2.43 bits per heavy atom. The molecule has 0 radical (unpaired) electrons. The minimum atomic E-state index is -0.645. The van der Waals surface area contributed by atoms with Crippen molar-refractivity contribution in [2.45, 2.75) is 135 Å². The van der Waals surface area contributed by atoms with Gasteiger partial charge in [-0.2, -0.15) is 0 Å². The Balaban J connectivity index is 1.38. The average Bonchev–Trinajstić information content (AvgIpc) is 3.59. The molecule has 4 rings (SSSR count). The summed E-state index contributed by atoms with van der Waals surface area (Å²) in [7, 11) is 0. The highest BCUT2D eigenvalue weighted by molar-refractivity contribution is 5.88. The zero-order valence-electron chi connectivity index (χ0n) is 23.6. The second-order valence-corrected chi connectivity index (χ2v) is 13.2. The average molecular weight is 513 g/mol. The monoisotopic (exact) mass is 512 g/mol. The molecule has 4 aliphatic rings. The predicted octanol–water partition coefficient (Wildman–Crippen LogP) is 6.83. The summed E-state index contributed by atoms with van der Waals surface area (Å²) < 4.78 is 0. The van der Waals surface area contributed by atoms with Crippen molar-refractivity contribution in [1.29, 1.82) is 0 Å². The first-order valence-electron chi connectivity index (χ1n) is 15.3. The smallest absolute Gasteiger partial charge is 0.141 e. The van der Waals surface area contributed by atoms with E-state index in [1.165, 1.54) is 44.1 Å². The fourth-order valence-corrected chi connectivity index (χ4v) is 8.11. The molecule has 0 saturated heterocycles. The van der Waals surface area contributed by atoms with Crippen LogP contribution in [0.25, 0.3) is 0 Å². The molecule has 4 heteroatoms. The van der Waals surface area contributed by atoms with Crippen molar-refractivity contribution in [3.63, 3.8) is 0 Å². The van der Waals surface area contributed by atoms with E-state index >= 15 is 0 Å². The summed E-state index contributed by atoms with van der Waals surface area (Å²) in [6, 6.07) is 0. The van der Waals surface area contributed by atoms with Gasteiger partial charge in [-0.3, -0.25) is 4.79 Å². The van der Waals surface area contributed by atoms with Gasteiger partial charge < -0.3 is 15.3 Å². The van der Waals surface area contributed by atoms with Gasteiger partial charge in [-0.05, 0) is 93.8 Å². The molecule has 0 spiro atoms. The van der Waals surface area contributed by atoms with Gasteiger partial charge in [0.25, 0.3) is 0 Å². The maximum Gasteiger partial charge on any atom is 0.141 e. The van der Waals surface area contributed by atoms with Crippen LogP contribution in [0.15, 0.2) is 35.5 Å². The third kappa shape index (κ3) is 6.50. The minimum Gasteiger partial charge on any atom is -0.393 e. The molecule has 7 atom stereocenters. The summed E-state index contributed by atoms with van der Waals surface area (Å²) in [5, 5.41) is 31.1. The number of fused-ring (bicyclic) bond motifs is 1. The van der Waals surface area contributed by atoms with Gasteiger partial charge in [0.2, 0.25) is 0 Å². The molecule has 208 valence electrons. The fourth-order valence-electron chi connectivity index (χ4n) is 8.11. The van der Waals surface area contributed by atoms with Crippen LogP contribution in [0.1, 0.15) is 117 Å². The van der Waals surface area contributed by atoms with E-state index in [4.69, 9.17) is 0 Å². The topological polar surface area (TPSA) is 77.8 Å². The first-order chi connectivity index (χ1) is 17.7. The van der Waals surface area contributed by atoms with Crippen LogP contribution in [0.2, 0.25) is 0 Å². The maximum absolute atomic E-state index is 12.9. The summed E-state index contributed by atoms with van der Waals surface area (Å²) in [5.41, 5.74) is 2.47. The standard InChI is InChI=1S/C33H52O4/c1-4-5-6-7-10-30(36)33(18-19-33)31(37)16-11-23(2)28-14-15-29-25(9-8-17-32(28,29)3)13-12-24-20-26(34)22-27(35)21-24/h11-13,16,23,26-29,31,34-35,37H,4-10,14-15,17-22H2,1-3H3/b16-11+,25-13+/t23-,26-,27-,28-,29+,31+,32-/m1/s1. The summed E-state index contributed by atoms with van der Waals surface area (Å²) in [4.78, 5) is 12.9. The Labute approximate surface area is 225 Å². The number of aliphatic hydroxyl groups excluding tert-OH is 3. The highest BCUT2D eigenvalue weighted by atomic mass is 16.3. The lowest BCUT2D eigenvalue weighted by atomic mass is 9.61. The second kappa shape index (κ2) is 12.3. The number of rotatable bonds is 11. The second-order valence-electron chi connectivity index (χ2n) is 13.2. The number of hydrogen-bond acceptors (Lipinski definition) is 4. The highest BCUT2D eigenvalue weighted by Crippen LogP contribution is 2.59. The van der Waals surface area contributed by atoms with Crippen molar-refractivity contribution in [2.24, 2.45) is 28.6 Å². The molecule has 3 N–H and O–H groups in total. The first-order valence-corrected chi connectivity index (χ1v) is 15.3. The molecule has 4 aliphatic carbocycles. The van der Waals surface area contributed by atoms with Crippen LogP contribution >= 0.6 is 0 Å². The molecular formula is C33H52O4. The van der Waals surface area contributed by atoms with Gasteiger partial charge in [-0.1, -0.05) is 75.5 Å². The molecule has 0 heterocycles. The summed E-state index contributed by atoms with van der Waals surface area (Å²) in [6.45, 7) is 6.97. The summed E-state index contributed by atoms with van der Waals surface area (Å²) in [6.07, 6.45) is 21.8. The lowest BCUT2D eigenvalue weighted by Gasteiger charge is -2.44. The van der Waals surface area contributed by atoms with Crippen molar-refractivity contribution in [3.8, 4) is 0 Å². The predicted molar refractivity (Wildman–Crippen MR) is 150 cm³/mol. The molecule has 4 nitrogen and oxygen atoms in total. The number of hydrogen-bond donors (Lipinski definition) is 3. The van der Waals surface area contributed by atoms with Gasteiger partial charge in [-0.15, -0.1) is 0 Å². The fraction of sp³-hybridized carbons (Fsp3) is 0.788. The summed E-state index contributed by atoms with van der Waals surface area (Å²) >= 11 is 0. The number of carbonyl (C=O) groups is 1. The van der Waals surface area contributed by atoms with Crippen LogP contribution in [0.5, 0.6) is 0 Å². The van der Waals surface area contributed by atoms with Crippen LogP contribution in [-0.2, 0) is 4.79 Å². The number of allylic oxidation sites excluding steroid dienone is 4. The molecule has 0 aromatic rings. The van der Waals surface area contributed by atoms with Crippen molar-refractivity contribution < 1.29 is 20.1 Å². The van der Waals surface area contributed by atoms with E-state index in [9.17, 15) is 20.1 Å². The Morgan fingerprint density at radius 1 is 1.03 bits per heavy atom. The van der Waals surface area contributed by atoms with E-state index in [0.29, 0.717) is 43.4 Å². The van der Waals surface area contributed by atoms with Crippen LogP contribution in [0.3, 0.4) is 0 Å². The van der Waals surface area contributed by atoms with E-state index in [1.807, 2.05) is 6.08 Å². The van der Waals surface area contributed by atoms with Crippen molar-refractivity contribution >= 4 is 5.78 Å². The van der Waals surface area contributed by atoms with Crippen LogP contribution in [0, 0.1) is 28.6 Å². The summed E-state index contributed by atoms with van der Waals surface area (Å²) in [5.74, 6) is 1.81. The van der Waals surface area contributed by atoms with Crippen LogP contribution in [-0.4, -0.2) is 39.4 Å². The molecule has 0 aromatic heterocycles. The molecule has 37 heavy (non-hydrogen) atoms. The Kier molecular flexibility index (Phi) is 9.57. The molecular weight excluding hydrogens is 460 g/mol. The molecule has 0 aliphatic heterocycles. The Hall–Kier alpha value is -1.23. The highest BCUT2D eigenvalue weighted by Gasteiger charge is 2.54. The molecule has 0 unspecified atom stereocenters. The molecule has 0 amide bonds. The van der Waals surface area contributed by atoms with Crippen molar-refractivity contribution in [2.75, 3.05) is 0 Å². The number of unbranched alkanes of at least 4 members (excludes halogenated alkanes) is 3. The molecule has 0 bridgehead atoms. The van der Waals surface area contributed by atoms with Gasteiger partial charge >= 0.3 is 0 Å². The van der Waals surface area contributed by atoms with E-state index in [2.05, 4.69) is 39.0 Å². The van der Waals surface area contributed by atoms with E-state index < -0.39 is 23.7 Å². The van der Waals surface area contributed by atoms with E-state index in [1.54, 1.807) is 5.57 Å². The van der Waals surface area contributed by atoms with Crippen molar-refractivity contribution in [3.05, 3.63) is 35.5 Å². The molecule has 0 aromatic carbocycles. The SMILES string of the molecule is CCCCCCC(=O)C1([C@@H](O)/C=C/[C@@H](C)[C@H]2CC[C@H]3/C(=C/C=C4C[C@@H](O)C[C@H](O)C4)CCC[C@]23C)CC1. The van der Waals surface area contributed by atoms with E-state index in [-0.39, 0.29) is 11.2 Å². The lowest BCUT2D eigenvalue weighted by molar-refractivity contribution is -0.127. The number of aliphatic hydroxyl groups is 3. The lowest BCUT2D eigenvalue weighted by Crippen LogP contribution is -2.35. The Morgan fingerprint density at radius 2 is 1.76 bits per heavy atom. The molecule has 4 saturated carbocycles. The third-order valence-corrected chi connectivity index (χ3v) is 10.5. The number of Topliss-reactive ketones (excluding diaryl/α,β-unsaturated/α-hetero) is 1. The largest absolute Gasteiger partial charge is 0.393 e.